The third-order valence-electron chi connectivity index (χ3n) is 2.96. The van der Waals surface area contributed by atoms with Crippen LogP contribution >= 0.6 is 0 Å². The maximum atomic E-state index is 13.6. The second kappa shape index (κ2) is 7.54. The molecule has 0 bridgehead atoms. The number of nitrogens with one attached hydrogen (secondary N) is 1. The summed E-state index contributed by atoms with van der Waals surface area (Å²) in [6, 6.07) is 3.12. The van der Waals surface area contributed by atoms with E-state index in [9.17, 15) is 19.3 Å². The number of halogens is 1. The minimum absolute atomic E-state index is 0.0490. The molecular formula is C13H18FN3O3. The summed E-state index contributed by atoms with van der Waals surface area (Å²) in [6.07, 6.45) is 1.76. The Morgan fingerprint density at radius 2 is 2.20 bits per heavy atom. The normalized spacial score (nSPS) is 11.9. The molecule has 1 aromatic carbocycles. The first-order chi connectivity index (χ1) is 9.43. The van der Waals surface area contributed by atoms with E-state index in [-0.39, 0.29) is 23.7 Å². The molecule has 3 N–H and O–H groups in total. The summed E-state index contributed by atoms with van der Waals surface area (Å²) in [7, 11) is 0. The highest BCUT2D eigenvalue weighted by molar-refractivity contribution is 5.90. The van der Waals surface area contributed by atoms with Gasteiger partial charge in [-0.25, -0.2) is 4.39 Å². The van der Waals surface area contributed by atoms with Crippen molar-refractivity contribution in [2.75, 3.05) is 11.9 Å². The Labute approximate surface area is 116 Å². The Kier molecular flexibility index (Phi) is 6.05. The van der Waals surface area contributed by atoms with Gasteiger partial charge in [-0.1, -0.05) is 6.92 Å². The molecule has 0 aliphatic carbocycles. The second-order valence-electron chi connectivity index (χ2n) is 4.69. The lowest BCUT2D eigenvalue weighted by molar-refractivity contribution is -0.385. The molecule has 1 atom stereocenters. The van der Waals surface area contributed by atoms with Crippen LogP contribution in [-0.2, 0) is 4.79 Å². The molecule has 0 aliphatic rings. The average Bonchev–Trinajstić information content (AvgIpc) is 2.39. The molecule has 1 aromatic rings. The highest BCUT2D eigenvalue weighted by atomic mass is 19.1. The Morgan fingerprint density at radius 1 is 1.50 bits per heavy atom. The molecule has 0 fully saturated rings. The first kappa shape index (κ1) is 16.0. The number of nitro benzene ring substituents is 1. The van der Waals surface area contributed by atoms with Crippen LogP contribution < -0.4 is 11.1 Å². The third-order valence-corrected chi connectivity index (χ3v) is 2.96. The van der Waals surface area contributed by atoms with Crippen LogP contribution in [0.1, 0.15) is 26.2 Å². The maximum absolute atomic E-state index is 13.6. The highest BCUT2D eigenvalue weighted by Gasteiger charge is 2.13. The van der Waals surface area contributed by atoms with Crippen LogP contribution in [0, 0.1) is 21.8 Å². The fourth-order valence-corrected chi connectivity index (χ4v) is 1.74. The number of carbonyl (C=O) groups excluding carboxylic acids is 1. The van der Waals surface area contributed by atoms with Gasteiger partial charge in [-0.2, -0.15) is 0 Å². The van der Waals surface area contributed by atoms with Crippen molar-refractivity contribution in [2.24, 2.45) is 11.7 Å². The van der Waals surface area contributed by atoms with Gasteiger partial charge in [0.25, 0.3) is 5.69 Å². The summed E-state index contributed by atoms with van der Waals surface area (Å²) in [6.45, 7) is 2.56. The largest absolute Gasteiger partial charge is 0.330 e. The quantitative estimate of drug-likeness (QED) is 0.593. The molecule has 0 aromatic heterocycles. The maximum Gasteiger partial charge on any atom is 0.272 e. The van der Waals surface area contributed by atoms with E-state index in [4.69, 9.17) is 5.73 Å². The number of non-ortho nitro benzene ring substituents is 1. The van der Waals surface area contributed by atoms with E-state index in [1.54, 1.807) is 0 Å². The number of rotatable bonds is 7. The molecule has 1 amide bonds. The summed E-state index contributed by atoms with van der Waals surface area (Å²) in [5.74, 6) is -0.809. The number of hydrogen-bond donors (Lipinski definition) is 2. The van der Waals surface area contributed by atoms with E-state index in [1.807, 2.05) is 6.92 Å². The van der Waals surface area contributed by atoms with E-state index in [1.165, 1.54) is 6.07 Å². The molecule has 1 rings (SSSR count). The predicted octanol–water partition coefficient (Wildman–Crippen LogP) is 2.44. The van der Waals surface area contributed by atoms with Crippen LogP contribution in [0.25, 0.3) is 0 Å². The minimum atomic E-state index is -0.817. The molecular weight excluding hydrogens is 265 g/mol. The van der Waals surface area contributed by atoms with E-state index >= 15 is 0 Å². The zero-order valence-corrected chi connectivity index (χ0v) is 11.3. The molecule has 0 saturated carbocycles. The molecule has 0 radical (unpaired) electrons. The van der Waals surface area contributed by atoms with Crippen LogP contribution in [-0.4, -0.2) is 17.4 Å². The summed E-state index contributed by atoms with van der Waals surface area (Å²) in [4.78, 5) is 21.4. The zero-order valence-electron chi connectivity index (χ0n) is 11.3. The molecule has 20 heavy (non-hydrogen) atoms. The van der Waals surface area contributed by atoms with Gasteiger partial charge >= 0.3 is 0 Å². The van der Waals surface area contributed by atoms with Gasteiger partial charge in [0.2, 0.25) is 5.91 Å². The molecule has 7 heteroatoms. The van der Waals surface area contributed by atoms with Gasteiger partial charge in [-0.15, -0.1) is 0 Å². The SMILES string of the molecule is CC(CCN)CCC(=O)Nc1ccc([N+](=O)[O-])cc1F. The Hall–Kier alpha value is -2.02. The molecule has 0 heterocycles. The lowest BCUT2D eigenvalue weighted by Crippen LogP contribution is -2.15. The third kappa shape index (κ3) is 4.93. The minimum Gasteiger partial charge on any atom is -0.330 e. The van der Waals surface area contributed by atoms with Crippen LogP contribution in [0.4, 0.5) is 15.8 Å². The standard InChI is InChI=1S/C13H18FN3O3/c1-9(6-7-15)2-5-13(18)16-12-4-3-10(17(19)20)8-11(12)14/h3-4,8-9H,2,5-7,15H2,1H3,(H,16,18). The number of amides is 1. The molecule has 1 unspecified atom stereocenters. The van der Waals surface area contributed by atoms with Crippen LogP contribution in [0.3, 0.4) is 0 Å². The highest BCUT2D eigenvalue weighted by Crippen LogP contribution is 2.21. The van der Waals surface area contributed by atoms with Crippen molar-refractivity contribution < 1.29 is 14.1 Å². The smallest absolute Gasteiger partial charge is 0.272 e. The van der Waals surface area contributed by atoms with Crippen molar-refractivity contribution in [1.29, 1.82) is 0 Å². The van der Waals surface area contributed by atoms with Gasteiger partial charge in [-0.05, 0) is 31.4 Å². The van der Waals surface area contributed by atoms with Gasteiger partial charge in [0.15, 0.2) is 5.82 Å². The lowest BCUT2D eigenvalue weighted by atomic mass is 10.0. The number of benzene rings is 1. The molecule has 6 nitrogen and oxygen atoms in total. The first-order valence-corrected chi connectivity index (χ1v) is 6.38. The second-order valence-corrected chi connectivity index (χ2v) is 4.69. The van der Waals surface area contributed by atoms with Crippen molar-refractivity contribution in [3.63, 3.8) is 0 Å². The summed E-state index contributed by atoms with van der Waals surface area (Å²) in [5, 5.41) is 12.9. The van der Waals surface area contributed by atoms with Crippen molar-refractivity contribution in [1.82, 2.24) is 0 Å². The summed E-state index contributed by atoms with van der Waals surface area (Å²) < 4.78 is 13.6. The lowest BCUT2D eigenvalue weighted by Gasteiger charge is -2.10. The first-order valence-electron chi connectivity index (χ1n) is 6.38. The Balaban J connectivity index is 2.56. The van der Waals surface area contributed by atoms with Crippen molar-refractivity contribution in [2.45, 2.75) is 26.2 Å². The van der Waals surface area contributed by atoms with Gasteiger partial charge in [0.1, 0.15) is 0 Å². The van der Waals surface area contributed by atoms with E-state index in [2.05, 4.69) is 5.32 Å². The fourth-order valence-electron chi connectivity index (χ4n) is 1.74. The van der Waals surface area contributed by atoms with Gasteiger partial charge < -0.3 is 11.1 Å². The van der Waals surface area contributed by atoms with Gasteiger partial charge in [0, 0.05) is 12.5 Å². The number of nitrogens with zero attached hydrogens (tertiary/aromatic N) is 1. The molecule has 110 valence electrons. The van der Waals surface area contributed by atoms with E-state index in [0.29, 0.717) is 18.9 Å². The van der Waals surface area contributed by atoms with Gasteiger partial charge in [-0.3, -0.25) is 14.9 Å². The van der Waals surface area contributed by atoms with Crippen LogP contribution in [0.5, 0.6) is 0 Å². The number of nitro groups is 1. The zero-order chi connectivity index (χ0) is 15.1. The topological polar surface area (TPSA) is 98.3 Å². The summed E-state index contributed by atoms with van der Waals surface area (Å²) >= 11 is 0. The number of hydrogen-bond acceptors (Lipinski definition) is 4. The van der Waals surface area contributed by atoms with Gasteiger partial charge in [0.05, 0.1) is 16.7 Å². The van der Waals surface area contributed by atoms with Crippen molar-refractivity contribution in [3.05, 3.63) is 34.1 Å². The molecule has 0 saturated heterocycles. The average molecular weight is 283 g/mol. The number of anilines is 1. The predicted molar refractivity (Wildman–Crippen MR) is 73.8 cm³/mol. The summed E-state index contributed by atoms with van der Waals surface area (Å²) in [5.41, 5.74) is 5.01. The molecule has 0 aliphatic heterocycles. The van der Waals surface area contributed by atoms with Crippen molar-refractivity contribution in [3.8, 4) is 0 Å². The molecule has 0 spiro atoms. The van der Waals surface area contributed by atoms with E-state index < -0.39 is 10.7 Å². The Morgan fingerprint density at radius 3 is 2.75 bits per heavy atom. The van der Waals surface area contributed by atoms with Crippen molar-refractivity contribution >= 4 is 17.3 Å². The van der Waals surface area contributed by atoms with Crippen LogP contribution in [0.2, 0.25) is 0 Å². The monoisotopic (exact) mass is 283 g/mol. The van der Waals surface area contributed by atoms with E-state index in [0.717, 1.165) is 18.6 Å². The van der Waals surface area contributed by atoms with Crippen LogP contribution in [0.15, 0.2) is 18.2 Å². The fraction of sp³-hybridized carbons (Fsp3) is 0.462. The number of nitrogens with two attached hydrogens (primary N) is 1. The number of carbonyl (C=O) groups is 1. The Bertz CT molecular complexity index is 494.